The zero-order valence-electron chi connectivity index (χ0n) is 13.3. The highest BCUT2D eigenvalue weighted by molar-refractivity contribution is 9.10. The van der Waals surface area contributed by atoms with Crippen molar-refractivity contribution in [2.45, 2.75) is 6.92 Å². The molecule has 0 radical (unpaired) electrons. The van der Waals surface area contributed by atoms with Crippen LogP contribution in [0.5, 0.6) is 5.75 Å². The van der Waals surface area contributed by atoms with E-state index in [9.17, 15) is 4.79 Å². The molecule has 3 aromatic rings. The molecule has 3 rings (SSSR count). The van der Waals surface area contributed by atoms with E-state index in [1.165, 1.54) is 10.9 Å². The maximum atomic E-state index is 12.7. The normalized spacial score (nSPS) is 11.4. The van der Waals surface area contributed by atoms with Gasteiger partial charge in [-0.1, -0.05) is 27.5 Å². The van der Waals surface area contributed by atoms with E-state index in [2.05, 4.69) is 41.9 Å². The molecule has 0 saturated carbocycles. The third-order valence-electron chi connectivity index (χ3n) is 3.52. The van der Waals surface area contributed by atoms with Crippen LogP contribution in [0.15, 0.2) is 49.2 Å². The lowest BCUT2D eigenvalue weighted by Crippen LogP contribution is -2.20. The van der Waals surface area contributed by atoms with Crippen LogP contribution >= 0.6 is 43.5 Å². The molecule has 0 fully saturated rings. The highest BCUT2D eigenvalue weighted by atomic mass is 79.9. The van der Waals surface area contributed by atoms with E-state index < -0.39 is 0 Å². The molecule has 0 aliphatic rings. The van der Waals surface area contributed by atoms with E-state index in [0.29, 0.717) is 37.5 Å². The minimum Gasteiger partial charge on any atom is -0.495 e. The SMILES string of the molecule is COc1c(Br)cc(Cl)cc1C=Nn1c(C)nc2ccc(Br)cc2c1=O. The zero-order chi connectivity index (χ0) is 18.1. The first-order valence-electron chi connectivity index (χ1n) is 7.17. The smallest absolute Gasteiger partial charge is 0.282 e. The maximum Gasteiger partial charge on any atom is 0.282 e. The highest BCUT2D eigenvalue weighted by Gasteiger charge is 2.10. The quantitative estimate of drug-likeness (QED) is 0.502. The molecule has 0 saturated heterocycles. The van der Waals surface area contributed by atoms with E-state index in [1.807, 2.05) is 6.07 Å². The lowest BCUT2D eigenvalue weighted by atomic mass is 10.2. The van der Waals surface area contributed by atoms with Crippen LogP contribution in [0, 0.1) is 6.92 Å². The Kier molecular flexibility index (Phi) is 5.27. The Morgan fingerprint density at radius 2 is 2.04 bits per heavy atom. The summed E-state index contributed by atoms with van der Waals surface area (Å²) >= 11 is 12.9. The zero-order valence-corrected chi connectivity index (χ0v) is 17.2. The van der Waals surface area contributed by atoms with Crippen LogP contribution in [-0.2, 0) is 0 Å². The van der Waals surface area contributed by atoms with Gasteiger partial charge in [0.2, 0.25) is 0 Å². The van der Waals surface area contributed by atoms with Crippen molar-refractivity contribution in [3.05, 3.63) is 66.0 Å². The Balaban J connectivity index is 2.16. The number of aryl methyl sites for hydroxylation is 1. The summed E-state index contributed by atoms with van der Waals surface area (Å²) in [5.74, 6) is 1.06. The molecule has 25 heavy (non-hydrogen) atoms. The summed E-state index contributed by atoms with van der Waals surface area (Å²) < 4.78 is 8.12. The van der Waals surface area contributed by atoms with Crippen molar-refractivity contribution in [2.75, 3.05) is 7.11 Å². The van der Waals surface area contributed by atoms with Gasteiger partial charge in [-0.3, -0.25) is 4.79 Å². The minimum atomic E-state index is -0.250. The van der Waals surface area contributed by atoms with Crippen LogP contribution in [0.25, 0.3) is 10.9 Å². The first-order chi connectivity index (χ1) is 11.9. The predicted molar refractivity (Wildman–Crippen MR) is 107 cm³/mol. The number of benzene rings is 2. The molecular formula is C17H12Br2ClN3O2. The van der Waals surface area contributed by atoms with Gasteiger partial charge in [-0.05, 0) is 53.2 Å². The molecule has 128 valence electrons. The van der Waals surface area contributed by atoms with Crippen molar-refractivity contribution in [3.63, 3.8) is 0 Å². The average Bonchev–Trinajstić information content (AvgIpc) is 2.55. The van der Waals surface area contributed by atoms with Crippen LogP contribution in [0.4, 0.5) is 0 Å². The van der Waals surface area contributed by atoms with Gasteiger partial charge < -0.3 is 4.74 Å². The fourth-order valence-electron chi connectivity index (χ4n) is 2.41. The molecule has 0 aliphatic carbocycles. The number of hydrogen-bond acceptors (Lipinski definition) is 4. The number of fused-ring (bicyclic) bond motifs is 1. The largest absolute Gasteiger partial charge is 0.495 e. The van der Waals surface area contributed by atoms with Crippen LogP contribution in [0.3, 0.4) is 0 Å². The second kappa shape index (κ2) is 7.27. The Morgan fingerprint density at radius 1 is 1.28 bits per heavy atom. The van der Waals surface area contributed by atoms with Crippen LogP contribution in [0.1, 0.15) is 11.4 Å². The lowest BCUT2D eigenvalue weighted by molar-refractivity contribution is 0.411. The van der Waals surface area contributed by atoms with Crippen molar-refractivity contribution in [3.8, 4) is 5.75 Å². The lowest BCUT2D eigenvalue weighted by Gasteiger charge is -2.09. The molecule has 0 aliphatic heterocycles. The third kappa shape index (κ3) is 3.63. The maximum absolute atomic E-state index is 12.7. The first-order valence-corrected chi connectivity index (χ1v) is 9.13. The summed E-state index contributed by atoms with van der Waals surface area (Å²) in [4.78, 5) is 17.2. The topological polar surface area (TPSA) is 56.5 Å². The van der Waals surface area contributed by atoms with Gasteiger partial charge in [0.05, 0.1) is 28.7 Å². The van der Waals surface area contributed by atoms with E-state index in [4.69, 9.17) is 16.3 Å². The van der Waals surface area contributed by atoms with Gasteiger partial charge in [0.1, 0.15) is 11.6 Å². The standard InChI is InChI=1S/C17H12Br2ClN3O2/c1-9-22-15-4-3-11(18)6-13(15)17(24)23(9)21-8-10-5-12(20)7-14(19)16(10)25-2/h3-8H,1-2H3. The van der Waals surface area contributed by atoms with E-state index >= 15 is 0 Å². The minimum absolute atomic E-state index is 0.250. The van der Waals surface area contributed by atoms with Crippen molar-refractivity contribution in [2.24, 2.45) is 5.10 Å². The summed E-state index contributed by atoms with van der Waals surface area (Å²) in [5.41, 5.74) is 1.02. The van der Waals surface area contributed by atoms with E-state index in [1.54, 1.807) is 38.3 Å². The molecule has 0 spiro atoms. The van der Waals surface area contributed by atoms with Crippen LogP contribution in [-0.4, -0.2) is 23.0 Å². The summed E-state index contributed by atoms with van der Waals surface area (Å²) in [7, 11) is 1.55. The molecule has 1 heterocycles. The average molecular weight is 486 g/mol. The van der Waals surface area contributed by atoms with Crippen molar-refractivity contribution in [1.29, 1.82) is 0 Å². The second-order valence-electron chi connectivity index (χ2n) is 5.19. The second-order valence-corrected chi connectivity index (χ2v) is 7.40. The van der Waals surface area contributed by atoms with Crippen LogP contribution < -0.4 is 10.3 Å². The fraction of sp³-hybridized carbons (Fsp3) is 0.118. The summed E-state index contributed by atoms with van der Waals surface area (Å²) in [6.07, 6.45) is 1.52. The van der Waals surface area contributed by atoms with Gasteiger partial charge in [0.15, 0.2) is 0 Å². The molecule has 0 atom stereocenters. The predicted octanol–water partition coefficient (Wildman–Crippen LogP) is 4.77. The summed E-state index contributed by atoms with van der Waals surface area (Å²) in [6, 6.07) is 8.80. The number of rotatable bonds is 3. The summed E-state index contributed by atoms with van der Waals surface area (Å²) in [6.45, 7) is 1.73. The van der Waals surface area contributed by atoms with Crippen molar-refractivity contribution in [1.82, 2.24) is 9.66 Å². The molecule has 0 amide bonds. The van der Waals surface area contributed by atoms with Crippen molar-refractivity contribution >= 4 is 60.6 Å². The first kappa shape index (κ1) is 18.1. The van der Waals surface area contributed by atoms with E-state index in [0.717, 1.165) is 4.47 Å². The molecule has 0 unspecified atom stereocenters. The number of ether oxygens (including phenoxy) is 1. The third-order valence-corrected chi connectivity index (χ3v) is 4.82. The molecule has 2 aromatic carbocycles. The van der Waals surface area contributed by atoms with Gasteiger partial charge in [-0.2, -0.15) is 9.78 Å². The Bertz CT molecular complexity index is 1060. The Hall–Kier alpha value is -1.70. The van der Waals surface area contributed by atoms with Crippen LogP contribution in [0.2, 0.25) is 5.02 Å². The van der Waals surface area contributed by atoms with E-state index in [-0.39, 0.29) is 5.56 Å². The fourth-order valence-corrected chi connectivity index (χ4v) is 3.76. The molecule has 0 N–H and O–H groups in total. The molecular weight excluding hydrogens is 473 g/mol. The van der Waals surface area contributed by atoms with Gasteiger partial charge in [-0.15, -0.1) is 0 Å². The Labute approximate surface area is 165 Å². The monoisotopic (exact) mass is 483 g/mol. The molecule has 8 heteroatoms. The number of halogens is 3. The van der Waals surface area contributed by atoms with Gasteiger partial charge >= 0.3 is 0 Å². The molecule has 5 nitrogen and oxygen atoms in total. The number of aromatic nitrogens is 2. The van der Waals surface area contributed by atoms with Gasteiger partial charge in [0, 0.05) is 15.1 Å². The Morgan fingerprint density at radius 3 is 2.76 bits per heavy atom. The van der Waals surface area contributed by atoms with Crippen molar-refractivity contribution < 1.29 is 4.74 Å². The number of hydrogen-bond donors (Lipinski definition) is 0. The number of nitrogens with zero attached hydrogens (tertiary/aromatic N) is 3. The van der Waals surface area contributed by atoms with Gasteiger partial charge in [0.25, 0.3) is 5.56 Å². The summed E-state index contributed by atoms with van der Waals surface area (Å²) in [5, 5.41) is 5.30. The van der Waals surface area contributed by atoms with Gasteiger partial charge in [-0.25, -0.2) is 4.98 Å². The number of methoxy groups -OCH3 is 1. The molecule has 1 aromatic heterocycles. The highest BCUT2D eigenvalue weighted by Crippen LogP contribution is 2.31. The molecule has 0 bridgehead atoms.